The van der Waals surface area contributed by atoms with Gasteiger partial charge in [-0.3, -0.25) is 0 Å². The van der Waals surface area contributed by atoms with Gasteiger partial charge in [-0.2, -0.15) is 5.26 Å². The molecule has 0 fully saturated rings. The molecule has 0 aliphatic carbocycles. The Kier molecular flexibility index (Phi) is 7.45. The molecule has 7 heteroatoms. The predicted molar refractivity (Wildman–Crippen MR) is 69.2 cm³/mol. The van der Waals surface area contributed by atoms with Crippen molar-refractivity contribution in [2.45, 2.75) is 46.1 Å². The van der Waals surface area contributed by atoms with E-state index >= 15 is 0 Å². The van der Waals surface area contributed by atoms with Crippen LogP contribution in [0.2, 0.25) is 0 Å². The van der Waals surface area contributed by atoms with E-state index in [0.717, 1.165) is 0 Å². The van der Waals surface area contributed by atoms with Crippen molar-refractivity contribution in [1.82, 2.24) is 9.55 Å². The SMILES string of the molecule is [C-]#[N+]c1c(C#N)ncn1C([N-]C(C)C)[N-]C(C)C.[Li+]. The molecule has 0 N–H and O–H groups in total. The zero-order valence-corrected chi connectivity index (χ0v) is 12.0. The van der Waals surface area contributed by atoms with Gasteiger partial charge in [0.2, 0.25) is 0 Å². The van der Waals surface area contributed by atoms with Gasteiger partial charge in [0.15, 0.2) is 12.0 Å². The van der Waals surface area contributed by atoms with Gasteiger partial charge in [0.25, 0.3) is 5.82 Å². The molecule has 0 aromatic carbocycles. The summed E-state index contributed by atoms with van der Waals surface area (Å²) in [6.45, 7) is 14.9. The van der Waals surface area contributed by atoms with Gasteiger partial charge in [-0.05, 0) is 0 Å². The van der Waals surface area contributed by atoms with Gasteiger partial charge in [0.1, 0.15) is 6.07 Å². The summed E-state index contributed by atoms with van der Waals surface area (Å²) < 4.78 is 1.55. The fourth-order valence-corrected chi connectivity index (χ4v) is 1.43. The number of hydrogen-bond donors (Lipinski definition) is 0. The summed E-state index contributed by atoms with van der Waals surface area (Å²) in [6, 6.07) is 2.07. The molecule has 0 saturated heterocycles. The van der Waals surface area contributed by atoms with E-state index in [9.17, 15) is 0 Å². The zero-order chi connectivity index (χ0) is 13.7. The number of nitriles is 1. The molecule has 0 aliphatic heterocycles. The minimum Gasteiger partial charge on any atom is -0.640 e. The summed E-state index contributed by atoms with van der Waals surface area (Å²) in [4.78, 5) is 7.25. The normalized spacial score (nSPS) is 10.4. The zero-order valence-electron chi connectivity index (χ0n) is 12.0. The Labute approximate surface area is 126 Å². The maximum absolute atomic E-state index is 8.88. The summed E-state index contributed by atoms with van der Waals surface area (Å²) in [5.41, 5.74) is 0.118. The number of hydrogen-bond acceptors (Lipinski definition) is 2. The second-order valence-electron chi connectivity index (χ2n) is 4.38. The first-order valence-electron chi connectivity index (χ1n) is 5.73. The molecule has 0 radical (unpaired) electrons. The van der Waals surface area contributed by atoms with Crippen molar-refractivity contribution in [2.75, 3.05) is 0 Å². The van der Waals surface area contributed by atoms with Crippen molar-refractivity contribution < 1.29 is 18.9 Å². The van der Waals surface area contributed by atoms with E-state index < -0.39 is 6.29 Å². The molecule has 6 nitrogen and oxygen atoms in total. The van der Waals surface area contributed by atoms with E-state index in [4.69, 9.17) is 11.8 Å². The number of nitrogens with zero attached hydrogens (tertiary/aromatic N) is 6. The molecule has 1 rings (SSSR count). The molecule has 19 heavy (non-hydrogen) atoms. The monoisotopic (exact) mass is 251 g/mol. The first-order valence-corrected chi connectivity index (χ1v) is 5.73. The van der Waals surface area contributed by atoms with Crippen LogP contribution in [0.5, 0.6) is 0 Å². The van der Waals surface area contributed by atoms with E-state index in [1.165, 1.54) is 6.33 Å². The van der Waals surface area contributed by atoms with Crippen LogP contribution in [0.3, 0.4) is 0 Å². The van der Waals surface area contributed by atoms with Crippen LogP contribution in [0.15, 0.2) is 6.33 Å². The Bertz CT molecular complexity index is 469. The molecule has 0 unspecified atom stereocenters. The van der Waals surface area contributed by atoms with Gasteiger partial charge < -0.3 is 20.0 Å². The largest absolute Gasteiger partial charge is 1.00 e. The summed E-state index contributed by atoms with van der Waals surface area (Å²) >= 11 is 0. The molecule has 96 valence electrons. The minimum atomic E-state index is -0.497. The predicted octanol–water partition coefficient (Wildman–Crippen LogP) is 0.330. The maximum Gasteiger partial charge on any atom is 1.00 e. The Hall–Kier alpha value is -1.29. The second kappa shape index (κ2) is 7.99. The first-order chi connectivity index (χ1) is 8.49. The number of aromatic nitrogens is 2. The summed E-state index contributed by atoms with van der Waals surface area (Å²) in [7, 11) is 0. The van der Waals surface area contributed by atoms with E-state index in [1.54, 1.807) is 4.57 Å². The third-order valence-corrected chi connectivity index (χ3v) is 2.09. The summed E-state index contributed by atoms with van der Waals surface area (Å²) in [5.74, 6) is 0.191. The van der Waals surface area contributed by atoms with Gasteiger partial charge in [0, 0.05) is 0 Å². The minimum absolute atomic E-state index is 0. The molecule has 1 aromatic heterocycles. The van der Waals surface area contributed by atoms with Crippen molar-refractivity contribution in [3.8, 4) is 6.07 Å². The third kappa shape index (κ3) is 4.71. The van der Waals surface area contributed by atoms with Gasteiger partial charge >= 0.3 is 18.9 Å². The molecular weight excluding hydrogens is 235 g/mol. The quantitative estimate of drug-likeness (QED) is 0.558. The van der Waals surface area contributed by atoms with Crippen LogP contribution in [0.1, 0.15) is 39.7 Å². The molecular formula is C12H16LiN6-. The van der Waals surface area contributed by atoms with Crippen molar-refractivity contribution in [1.29, 1.82) is 5.26 Å². The van der Waals surface area contributed by atoms with Crippen molar-refractivity contribution in [2.24, 2.45) is 0 Å². The van der Waals surface area contributed by atoms with Crippen LogP contribution >= 0.6 is 0 Å². The number of rotatable bonds is 5. The topological polar surface area (TPSA) is 74.2 Å². The Morgan fingerprint density at radius 2 is 1.84 bits per heavy atom. The van der Waals surface area contributed by atoms with E-state index in [1.807, 2.05) is 33.8 Å². The number of imidazole rings is 1. The average molecular weight is 251 g/mol. The molecule has 0 bridgehead atoms. The molecule has 1 heterocycles. The molecule has 0 spiro atoms. The van der Waals surface area contributed by atoms with E-state index in [2.05, 4.69) is 20.5 Å². The first kappa shape index (κ1) is 17.7. The second-order valence-corrected chi connectivity index (χ2v) is 4.38. The van der Waals surface area contributed by atoms with Gasteiger partial charge in [-0.1, -0.05) is 40.6 Å². The molecule has 1 aromatic rings. The van der Waals surface area contributed by atoms with E-state index in [-0.39, 0.29) is 42.5 Å². The molecule has 0 amide bonds. The molecule has 0 aliphatic rings. The smallest absolute Gasteiger partial charge is 0.640 e. The Balaban J connectivity index is 0.00000324. The van der Waals surface area contributed by atoms with E-state index in [0.29, 0.717) is 0 Å². The Morgan fingerprint density at radius 1 is 1.32 bits per heavy atom. The molecule has 0 atom stereocenters. The Morgan fingerprint density at radius 3 is 2.21 bits per heavy atom. The van der Waals surface area contributed by atoms with Crippen LogP contribution in [0.4, 0.5) is 5.82 Å². The standard InChI is InChI=1S/C12H16N6.Li/c1-8(2)16-12(17-9(3)4)18-7-15-10(6-13)11(18)14-5;/h7-9,12H,1-4H3;/q-2;+1. The van der Waals surface area contributed by atoms with Crippen molar-refractivity contribution >= 4 is 5.82 Å². The average Bonchev–Trinajstić information content (AvgIpc) is 2.69. The molecule has 0 saturated carbocycles. The fourth-order valence-electron chi connectivity index (χ4n) is 1.43. The van der Waals surface area contributed by atoms with Gasteiger partial charge in [-0.15, -0.1) is 12.1 Å². The fraction of sp³-hybridized carbons (Fsp3) is 0.583. The maximum atomic E-state index is 8.88. The van der Waals surface area contributed by atoms with Gasteiger partial charge in [-0.25, -0.2) is 4.98 Å². The van der Waals surface area contributed by atoms with Crippen LogP contribution in [0, 0.1) is 17.9 Å². The van der Waals surface area contributed by atoms with Gasteiger partial charge in [0.05, 0.1) is 0 Å². The van der Waals surface area contributed by atoms with Crippen LogP contribution in [-0.4, -0.2) is 21.6 Å². The van der Waals surface area contributed by atoms with Crippen LogP contribution in [0.25, 0.3) is 15.5 Å². The summed E-state index contributed by atoms with van der Waals surface area (Å²) in [5, 5.41) is 17.8. The van der Waals surface area contributed by atoms with Crippen molar-refractivity contribution in [3.05, 3.63) is 34.1 Å². The third-order valence-electron chi connectivity index (χ3n) is 2.09. The summed E-state index contributed by atoms with van der Waals surface area (Å²) in [6.07, 6.45) is 0.956. The van der Waals surface area contributed by atoms with Crippen molar-refractivity contribution in [3.63, 3.8) is 0 Å². The van der Waals surface area contributed by atoms with Crippen LogP contribution in [-0.2, 0) is 0 Å². The van der Waals surface area contributed by atoms with Crippen LogP contribution < -0.4 is 18.9 Å².